The highest BCUT2D eigenvalue weighted by Gasteiger charge is 2.41. The third-order valence-electron chi connectivity index (χ3n) is 11.2. The third kappa shape index (κ3) is 12.2. The number of hydrogen-bond acceptors (Lipinski definition) is 8. The predicted octanol–water partition coefficient (Wildman–Crippen LogP) is 20.4. The number of allylic oxidation sites excluding steroid dienone is 10. The van der Waals surface area contributed by atoms with Crippen molar-refractivity contribution in [3.63, 3.8) is 0 Å². The van der Waals surface area contributed by atoms with Gasteiger partial charge in [-0.2, -0.15) is 26.3 Å². The Hall–Kier alpha value is -4.06. The maximum atomic E-state index is 15.2. The lowest BCUT2D eigenvalue weighted by Gasteiger charge is -2.31. The highest BCUT2D eigenvalue weighted by Crippen LogP contribution is 2.50. The van der Waals surface area contributed by atoms with E-state index in [-0.39, 0.29) is 43.3 Å². The van der Waals surface area contributed by atoms with Crippen LogP contribution in [0, 0.1) is 21.7 Å². The lowest BCUT2D eigenvalue weighted by molar-refractivity contribution is -0.139. The lowest BCUT2D eigenvalue weighted by atomic mass is 9.71. The Morgan fingerprint density at radius 2 is 0.771 bits per heavy atom. The van der Waals surface area contributed by atoms with Crippen LogP contribution in [0.5, 0.6) is 0 Å². The maximum absolute atomic E-state index is 15.2. The summed E-state index contributed by atoms with van der Waals surface area (Å²) < 4.78 is 91.8. The van der Waals surface area contributed by atoms with Gasteiger partial charge in [-0.05, 0) is 137 Å². The first-order valence-corrected chi connectivity index (χ1v) is 25.6. The molecule has 2 heterocycles. The van der Waals surface area contributed by atoms with E-state index in [0.29, 0.717) is 64.0 Å². The van der Waals surface area contributed by atoms with E-state index >= 15 is 26.3 Å². The predicted molar refractivity (Wildman–Crippen MR) is 279 cm³/mol. The maximum Gasteiger partial charge on any atom is 0.417 e. The molecule has 6 rings (SSSR count). The lowest BCUT2D eigenvalue weighted by Crippen LogP contribution is -2.28. The molecule has 0 saturated carbocycles. The van der Waals surface area contributed by atoms with E-state index in [2.05, 4.69) is 52.3 Å². The van der Waals surface area contributed by atoms with Gasteiger partial charge in [-0.15, -0.1) is 43.1 Å². The van der Waals surface area contributed by atoms with Gasteiger partial charge in [-0.3, -0.25) is 9.59 Å². The number of ketones is 2. The second-order valence-corrected chi connectivity index (χ2v) is 25.9. The number of hydrogen-bond donors (Lipinski definition) is 0. The van der Waals surface area contributed by atoms with E-state index in [1.54, 1.807) is 48.6 Å². The third-order valence-corrected chi connectivity index (χ3v) is 14.9. The largest absolute Gasteiger partial charge is 0.417 e. The molecule has 0 amide bonds. The number of benzene rings is 2. The molecule has 0 atom stereocenters. The molecule has 0 N–H and O–H groups in total. The molecule has 0 unspecified atom stereocenters. The molecular formula is C52H48Br2Cl2F6N4O2S2. The molecule has 2 aromatic heterocycles. The number of alkyl halides is 6. The highest BCUT2D eigenvalue weighted by molar-refractivity contribution is 9.11. The van der Waals surface area contributed by atoms with Crippen LogP contribution in [0.4, 0.5) is 37.7 Å². The van der Waals surface area contributed by atoms with Gasteiger partial charge >= 0.3 is 12.4 Å². The summed E-state index contributed by atoms with van der Waals surface area (Å²) in [7, 11) is 0. The van der Waals surface area contributed by atoms with E-state index in [1.165, 1.54) is 0 Å². The quantitative estimate of drug-likeness (QED) is 0.136. The Kier molecular flexibility index (Phi) is 15.6. The smallest absolute Gasteiger partial charge is 0.289 e. The molecular weight excluding hydrogens is 1120 g/mol. The fourth-order valence-corrected chi connectivity index (χ4v) is 10.5. The van der Waals surface area contributed by atoms with Crippen LogP contribution in [0.2, 0.25) is 8.67 Å². The number of nitrogens with zero attached hydrogens (tertiary/aromatic N) is 4. The minimum absolute atomic E-state index is 0.0984. The van der Waals surface area contributed by atoms with Gasteiger partial charge in [-0.1, -0.05) is 106 Å². The van der Waals surface area contributed by atoms with Crippen molar-refractivity contribution in [1.82, 2.24) is 0 Å². The molecule has 0 fully saturated rings. The molecule has 2 aliphatic carbocycles. The van der Waals surface area contributed by atoms with E-state index in [1.807, 2.05) is 83.1 Å². The zero-order chi connectivity index (χ0) is 52.4. The van der Waals surface area contributed by atoms with Gasteiger partial charge in [0.15, 0.2) is 11.6 Å². The van der Waals surface area contributed by atoms with Crippen LogP contribution in [0.1, 0.15) is 104 Å². The SMILES string of the molecule is CC(C)(C)C1=CC(=C(N=Nc2cc(C(F)(F)F)c(-c3cc(Br)c(N=NC(=C4C=C(C(C)(C)C)C(=O)C(C(C)(C)C)=C4)c4ccc(Cl)s4)cc3C(F)(F)F)cc2Br)c2ccc(Cl)s2)C=C(C(C)(C)C)C1=O. The van der Waals surface area contributed by atoms with E-state index < -0.39 is 56.3 Å². The van der Waals surface area contributed by atoms with Crippen molar-refractivity contribution in [1.29, 1.82) is 0 Å². The molecule has 2 aliphatic rings. The second-order valence-electron chi connectivity index (χ2n) is 20.8. The average Bonchev–Trinajstić information content (AvgIpc) is 3.84. The first-order chi connectivity index (χ1) is 32.0. The average molecular weight is 1170 g/mol. The molecule has 0 radical (unpaired) electrons. The number of halogens is 10. The van der Waals surface area contributed by atoms with Crippen molar-refractivity contribution in [2.75, 3.05) is 0 Å². The molecule has 370 valence electrons. The molecule has 0 bridgehead atoms. The van der Waals surface area contributed by atoms with Crippen molar-refractivity contribution in [2.45, 2.75) is 95.4 Å². The molecule has 4 aromatic rings. The Balaban J connectivity index is 1.54. The normalized spacial score (nSPS) is 15.8. The van der Waals surface area contributed by atoms with Gasteiger partial charge in [0.05, 0.1) is 29.6 Å². The number of carbonyl (C=O) groups excluding carboxylic acids is 2. The van der Waals surface area contributed by atoms with E-state index in [0.717, 1.165) is 34.8 Å². The topological polar surface area (TPSA) is 83.6 Å². The van der Waals surface area contributed by atoms with Crippen molar-refractivity contribution in [2.24, 2.45) is 42.1 Å². The summed E-state index contributed by atoms with van der Waals surface area (Å²) in [5.41, 5.74) is -4.26. The van der Waals surface area contributed by atoms with Crippen LogP contribution < -0.4 is 0 Å². The highest BCUT2D eigenvalue weighted by atomic mass is 79.9. The molecule has 2 aromatic carbocycles. The zero-order valence-corrected chi connectivity index (χ0v) is 46.4. The summed E-state index contributed by atoms with van der Waals surface area (Å²) in [6.07, 6.45) is -3.62. The Bertz CT molecular complexity index is 2810. The van der Waals surface area contributed by atoms with Crippen molar-refractivity contribution in [3.05, 3.63) is 145 Å². The van der Waals surface area contributed by atoms with Crippen LogP contribution in [0.3, 0.4) is 0 Å². The number of azo groups is 2. The number of carbonyl (C=O) groups is 2. The van der Waals surface area contributed by atoms with Crippen molar-refractivity contribution in [3.8, 4) is 11.1 Å². The van der Waals surface area contributed by atoms with Gasteiger partial charge in [0, 0.05) is 42.4 Å². The Morgan fingerprint density at radius 3 is 1.00 bits per heavy atom. The number of rotatable bonds is 7. The number of thiophene rings is 2. The molecule has 6 nitrogen and oxygen atoms in total. The molecule has 0 aliphatic heterocycles. The minimum Gasteiger partial charge on any atom is -0.289 e. The summed E-state index contributed by atoms with van der Waals surface area (Å²) in [5.74, 6) is -0.303. The van der Waals surface area contributed by atoms with Crippen LogP contribution >= 0.6 is 77.7 Å². The minimum atomic E-state index is -5.18. The Morgan fingerprint density at radius 1 is 0.486 bits per heavy atom. The summed E-state index contributed by atoms with van der Waals surface area (Å²) in [4.78, 5) is 28.5. The van der Waals surface area contributed by atoms with Gasteiger partial charge in [0.1, 0.15) is 22.8 Å². The van der Waals surface area contributed by atoms with Gasteiger partial charge in [0.2, 0.25) is 0 Å². The zero-order valence-electron chi connectivity index (χ0n) is 40.1. The molecule has 0 saturated heterocycles. The first-order valence-electron chi connectivity index (χ1n) is 21.6. The van der Waals surface area contributed by atoms with Crippen molar-refractivity contribution < 1.29 is 35.9 Å². The number of Topliss-reactive ketones (excluding diaryl/α,β-unsaturated/α-hetero) is 2. The summed E-state index contributed by atoms with van der Waals surface area (Å²) in [6, 6.07) is 9.69. The monoisotopic (exact) mass is 1170 g/mol. The second kappa shape index (κ2) is 19.8. The molecule has 70 heavy (non-hydrogen) atoms. The van der Waals surface area contributed by atoms with Crippen LogP contribution in [0.25, 0.3) is 22.5 Å². The van der Waals surface area contributed by atoms with Gasteiger partial charge in [-0.25, -0.2) is 0 Å². The van der Waals surface area contributed by atoms with Gasteiger partial charge < -0.3 is 0 Å². The Labute approximate surface area is 438 Å². The van der Waals surface area contributed by atoms with E-state index in [4.69, 9.17) is 23.2 Å². The van der Waals surface area contributed by atoms with Crippen LogP contribution in [0.15, 0.2) is 136 Å². The standard InChI is InChI=1S/C52H48Br2Cl2F6N4O2S2/c1-47(2,3)31-17-25(18-32(45(31)67)48(4,5)6)43(39-13-15-41(55)69-39)65-63-37-23-29(51(57,58)59)27(21-35(37)53)28-22-36(54)38(24-30(28)52(60,61)62)64-66-44(40-14-16-42(56)70-40)26-19-33(49(7,8)9)46(68)34(20-26)50(10,11)12/h13-24H,1-12H3. The summed E-state index contributed by atoms with van der Waals surface area (Å²) in [5, 5.41) is 17.5. The van der Waals surface area contributed by atoms with Crippen molar-refractivity contribution >= 4 is 112 Å². The van der Waals surface area contributed by atoms with E-state index in [9.17, 15) is 9.59 Å². The molecule has 0 spiro atoms. The summed E-state index contributed by atoms with van der Waals surface area (Å²) in [6.45, 7) is 22.7. The molecule has 18 heteroatoms. The first kappa shape index (κ1) is 55.3. The fourth-order valence-electron chi connectivity index (χ4n) is 7.54. The van der Waals surface area contributed by atoms with Crippen LogP contribution in [-0.2, 0) is 21.9 Å². The summed E-state index contributed by atoms with van der Waals surface area (Å²) >= 11 is 21.5. The van der Waals surface area contributed by atoms with Crippen LogP contribution in [-0.4, -0.2) is 11.6 Å². The fraction of sp³-hybridized carbons (Fsp3) is 0.346. The van der Waals surface area contributed by atoms with Gasteiger partial charge in [0.25, 0.3) is 0 Å².